The van der Waals surface area contributed by atoms with Crippen LogP contribution in [0.3, 0.4) is 0 Å². The number of carbonyl (C=O) groups excluding carboxylic acids is 1. The first-order chi connectivity index (χ1) is 9.20. The largest absolute Gasteiger partial charge is 0.328 e. The van der Waals surface area contributed by atoms with Gasteiger partial charge in [-0.05, 0) is 44.4 Å². The van der Waals surface area contributed by atoms with Gasteiger partial charge in [0.1, 0.15) is 0 Å². The highest BCUT2D eigenvalue weighted by Gasteiger charge is 2.11. The topological polar surface area (TPSA) is 89.3 Å². The summed E-state index contributed by atoms with van der Waals surface area (Å²) in [6, 6.07) is 4.80. The smallest absolute Gasteiger partial charge is 0.224 e. The third-order valence-electron chi connectivity index (χ3n) is 2.97. The lowest BCUT2D eigenvalue weighted by atomic mass is 10.1. The molecular weight excluding hydrogens is 276 g/mol. The molecule has 20 heavy (non-hydrogen) atoms. The standard InChI is InChI=1S/C14H22N2O3S/c1-10-7-8-12(20(3,18)19)9-13(10)16-14(17)6-4-5-11(2)15/h7-9,11H,4-6,15H2,1-3H3,(H,16,17). The molecule has 1 aromatic carbocycles. The molecule has 0 spiro atoms. The lowest BCUT2D eigenvalue weighted by Crippen LogP contribution is -2.17. The number of hydrogen-bond acceptors (Lipinski definition) is 4. The second kappa shape index (κ2) is 6.85. The Morgan fingerprint density at radius 1 is 1.40 bits per heavy atom. The van der Waals surface area contributed by atoms with E-state index >= 15 is 0 Å². The fourth-order valence-electron chi connectivity index (χ4n) is 1.76. The molecule has 0 saturated carbocycles. The molecule has 0 aliphatic carbocycles. The molecule has 3 N–H and O–H groups in total. The molecule has 1 amide bonds. The van der Waals surface area contributed by atoms with Gasteiger partial charge in [-0.3, -0.25) is 4.79 Å². The quantitative estimate of drug-likeness (QED) is 0.839. The van der Waals surface area contributed by atoms with Gasteiger partial charge in [0.2, 0.25) is 5.91 Å². The molecule has 5 nitrogen and oxygen atoms in total. The molecular formula is C14H22N2O3S. The summed E-state index contributed by atoms with van der Waals surface area (Å²) in [4.78, 5) is 12.0. The van der Waals surface area contributed by atoms with Crippen molar-refractivity contribution in [1.82, 2.24) is 0 Å². The van der Waals surface area contributed by atoms with Gasteiger partial charge in [-0.1, -0.05) is 6.07 Å². The second-order valence-corrected chi connectivity index (χ2v) is 7.18. The maximum absolute atomic E-state index is 11.8. The van der Waals surface area contributed by atoms with Crippen LogP contribution in [0.25, 0.3) is 0 Å². The Kier molecular flexibility index (Phi) is 5.71. The zero-order valence-electron chi connectivity index (χ0n) is 12.1. The van der Waals surface area contributed by atoms with Gasteiger partial charge in [0, 0.05) is 24.4 Å². The van der Waals surface area contributed by atoms with E-state index in [4.69, 9.17) is 5.73 Å². The van der Waals surface area contributed by atoms with E-state index in [2.05, 4.69) is 5.32 Å². The minimum absolute atomic E-state index is 0.0816. The van der Waals surface area contributed by atoms with Gasteiger partial charge in [0.15, 0.2) is 9.84 Å². The second-order valence-electron chi connectivity index (χ2n) is 5.17. The number of hydrogen-bond donors (Lipinski definition) is 2. The molecule has 1 unspecified atom stereocenters. The van der Waals surface area contributed by atoms with Crippen LogP contribution in [-0.4, -0.2) is 26.6 Å². The van der Waals surface area contributed by atoms with E-state index in [0.717, 1.165) is 18.2 Å². The van der Waals surface area contributed by atoms with Crippen molar-refractivity contribution in [3.05, 3.63) is 23.8 Å². The van der Waals surface area contributed by atoms with E-state index in [1.165, 1.54) is 12.1 Å². The van der Waals surface area contributed by atoms with Gasteiger partial charge in [0.05, 0.1) is 4.90 Å². The van der Waals surface area contributed by atoms with Crippen LogP contribution in [0, 0.1) is 6.92 Å². The van der Waals surface area contributed by atoms with E-state index in [0.29, 0.717) is 18.5 Å². The zero-order valence-corrected chi connectivity index (χ0v) is 13.0. The average molecular weight is 298 g/mol. The fraction of sp³-hybridized carbons (Fsp3) is 0.500. The number of anilines is 1. The third kappa shape index (κ3) is 5.30. The molecule has 1 aromatic rings. The number of nitrogens with two attached hydrogens (primary N) is 1. The van der Waals surface area contributed by atoms with Gasteiger partial charge >= 0.3 is 0 Å². The number of rotatable bonds is 6. The molecule has 0 radical (unpaired) electrons. The lowest BCUT2D eigenvalue weighted by Gasteiger charge is -2.10. The predicted octanol–water partition coefficient (Wildman–Crippen LogP) is 1.85. The minimum atomic E-state index is -3.27. The van der Waals surface area contributed by atoms with Gasteiger partial charge < -0.3 is 11.1 Å². The van der Waals surface area contributed by atoms with Gasteiger partial charge in [-0.2, -0.15) is 0 Å². The van der Waals surface area contributed by atoms with Crippen LogP contribution < -0.4 is 11.1 Å². The third-order valence-corrected chi connectivity index (χ3v) is 4.08. The molecule has 0 aliphatic rings. The maximum atomic E-state index is 11.8. The van der Waals surface area contributed by atoms with Crippen LogP contribution in [0.15, 0.2) is 23.1 Å². The molecule has 0 heterocycles. The Balaban J connectivity index is 2.74. The van der Waals surface area contributed by atoms with Crippen LogP contribution in [0.4, 0.5) is 5.69 Å². The van der Waals surface area contributed by atoms with Crippen molar-refractivity contribution in [2.24, 2.45) is 5.73 Å². The zero-order chi connectivity index (χ0) is 15.3. The Morgan fingerprint density at radius 3 is 2.60 bits per heavy atom. The summed E-state index contributed by atoms with van der Waals surface area (Å²) in [6.45, 7) is 3.72. The number of aryl methyl sites for hydroxylation is 1. The van der Waals surface area contributed by atoms with Crippen LogP contribution in [-0.2, 0) is 14.6 Å². The van der Waals surface area contributed by atoms with Gasteiger partial charge in [-0.15, -0.1) is 0 Å². The predicted molar refractivity (Wildman–Crippen MR) is 80.4 cm³/mol. The summed E-state index contributed by atoms with van der Waals surface area (Å²) < 4.78 is 23.0. The van der Waals surface area contributed by atoms with E-state index in [1.807, 2.05) is 13.8 Å². The molecule has 0 saturated heterocycles. The highest BCUT2D eigenvalue weighted by Crippen LogP contribution is 2.20. The Hall–Kier alpha value is -1.40. The van der Waals surface area contributed by atoms with E-state index in [9.17, 15) is 13.2 Å². The lowest BCUT2D eigenvalue weighted by molar-refractivity contribution is -0.116. The SMILES string of the molecule is Cc1ccc(S(C)(=O)=O)cc1NC(=O)CCCC(C)N. The number of nitrogens with one attached hydrogen (secondary N) is 1. The molecule has 0 aromatic heterocycles. The van der Waals surface area contributed by atoms with Crippen LogP contribution in [0.5, 0.6) is 0 Å². The Morgan fingerprint density at radius 2 is 2.05 bits per heavy atom. The van der Waals surface area contributed by atoms with Crippen LogP contribution in [0.2, 0.25) is 0 Å². The fourth-order valence-corrected chi connectivity index (χ4v) is 2.41. The van der Waals surface area contributed by atoms with Crippen molar-refractivity contribution in [2.45, 2.75) is 44.0 Å². The van der Waals surface area contributed by atoms with Crippen molar-refractivity contribution >= 4 is 21.4 Å². The Bertz CT molecular complexity index is 580. The number of sulfone groups is 1. The van der Waals surface area contributed by atoms with Crippen molar-refractivity contribution in [3.63, 3.8) is 0 Å². The van der Waals surface area contributed by atoms with Crippen molar-refractivity contribution < 1.29 is 13.2 Å². The summed E-state index contributed by atoms with van der Waals surface area (Å²) in [5, 5.41) is 2.75. The summed E-state index contributed by atoms with van der Waals surface area (Å²) in [6.07, 6.45) is 3.03. The van der Waals surface area contributed by atoms with Crippen molar-refractivity contribution in [3.8, 4) is 0 Å². The Labute approximate surface area is 120 Å². The molecule has 1 rings (SSSR count). The number of carbonyl (C=O) groups is 1. The van der Waals surface area contributed by atoms with Crippen molar-refractivity contribution in [1.29, 1.82) is 0 Å². The monoisotopic (exact) mass is 298 g/mol. The minimum Gasteiger partial charge on any atom is -0.328 e. The maximum Gasteiger partial charge on any atom is 0.224 e. The van der Waals surface area contributed by atoms with Crippen molar-refractivity contribution in [2.75, 3.05) is 11.6 Å². The normalized spacial score (nSPS) is 13.0. The van der Waals surface area contributed by atoms with Gasteiger partial charge in [-0.25, -0.2) is 8.42 Å². The summed E-state index contributed by atoms with van der Waals surface area (Å²) in [7, 11) is -3.27. The molecule has 6 heteroatoms. The van der Waals surface area contributed by atoms with E-state index < -0.39 is 9.84 Å². The number of benzene rings is 1. The van der Waals surface area contributed by atoms with Crippen LogP contribution >= 0.6 is 0 Å². The first-order valence-corrected chi connectivity index (χ1v) is 8.45. The highest BCUT2D eigenvalue weighted by molar-refractivity contribution is 7.90. The first-order valence-electron chi connectivity index (χ1n) is 6.56. The molecule has 0 fully saturated rings. The summed E-state index contributed by atoms with van der Waals surface area (Å²) >= 11 is 0. The van der Waals surface area contributed by atoms with E-state index in [-0.39, 0.29) is 16.8 Å². The molecule has 1 atom stereocenters. The average Bonchev–Trinajstić information content (AvgIpc) is 2.30. The highest BCUT2D eigenvalue weighted by atomic mass is 32.2. The molecule has 112 valence electrons. The summed E-state index contributed by atoms with van der Waals surface area (Å²) in [5.41, 5.74) is 7.00. The first kappa shape index (κ1) is 16.7. The number of amides is 1. The summed E-state index contributed by atoms with van der Waals surface area (Å²) in [5.74, 6) is -0.126. The van der Waals surface area contributed by atoms with E-state index in [1.54, 1.807) is 6.07 Å². The molecule has 0 bridgehead atoms. The van der Waals surface area contributed by atoms with Crippen LogP contribution in [0.1, 0.15) is 31.7 Å². The van der Waals surface area contributed by atoms with Gasteiger partial charge in [0.25, 0.3) is 0 Å². The molecule has 0 aliphatic heterocycles.